The lowest BCUT2D eigenvalue weighted by Gasteiger charge is -2.12. The maximum atomic E-state index is 3.57. The lowest BCUT2D eigenvalue weighted by Crippen LogP contribution is -1.96. The number of anilines is 2. The Balaban J connectivity index is 1.37. The molecule has 6 rings (SSSR count). The zero-order valence-corrected chi connectivity index (χ0v) is 17.6. The Kier molecular flexibility index (Phi) is 4.47. The van der Waals surface area contributed by atoms with Crippen LogP contribution in [0.3, 0.4) is 0 Å². The molecule has 1 heterocycles. The lowest BCUT2D eigenvalue weighted by atomic mass is 10.1. The standard InChI is InChI=1S/C30H22N2/c1-2-9-22(10-3-1)23-17-19-24(20-18-23)31-25-11-8-12-26(21-25)32-29-15-6-4-13-27(29)28-14-5-7-16-30(28)32/h1-21,31H. The molecule has 2 nitrogen and oxygen atoms in total. The maximum absolute atomic E-state index is 3.57. The van der Waals surface area contributed by atoms with Crippen molar-refractivity contribution in [3.63, 3.8) is 0 Å². The first-order valence-electron chi connectivity index (χ1n) is 10.9. The Morgan fingerprint density at radius 3 is 1.72 bits per heavy atom. The molecule has 0 radical (unpaired) electrons. The summed E-state index contributed by atoms with van der Waals surface area (Å²) in [6, 6.07) is 44.9. The Morgan fingerprint density at radius 1 is 0.438 bits per heavy atom. The van der Waals surface area contributed by atoms with Crippen LogP contribution in [0, 0.1) is 0 Å². The Morgan fingerprint density at radius 2 is 1.03 bits per heavy atom. The van der Waals surface area contributed by atoms with Crippen molar-refractivity contribution in [2.24, 2.45) is 0 Å². The van der Waals surface area contributed by atoms with Gasteiger partial charge in [0.05, 0.1) is 11.0 Å². The van der Waals surface area contributed by atoms with Crippen LogP contribution in [0.4, 0.5) is 11.4 Å². The molecule has 0 fully saturated rings. The molecule has 152 valence electrons. The summed E-state index contributed by atoms with van der Waals surface area (Å²) in [5.74, 6) is 0. The first-order valence-corrected chi connectivity index (χ1v) is 10.9. The van der Waals surface area contributed by atoms with Crippen LogP contribution in [0.15, 0.2) is 127 Å². The van der Waals surface area contributed by atoms with Gasteiger partial charge >= 0.3 is 0 Å². The molecule has 0 bridgehead atoms. The van der Waals surface area contributed by atoms with E-state index in [1.807, 2.05) is 6.07 Å². The van der Waals surface area contributed by atoms with E-state index < -0.39 is 0 Å². The summed E-state index contributed by atoms with van der Waals surface area (Å²) in [6.45, 7) is 0. The van der Waals surface area contributed by atoms with Gasteiger partial charge in [0.2, 0.25) is 0 Å². The molecule has 2 heteroatoms. The van der Waals surface area contributed by atoms with E-state index in [0.29, 0.717) is 0 Å². The molecule has 1 aromatic heterocycles. The van der Waals surface area contributed by atoms with Gasteiger partial charge in [0.1, 0.15) is 0 Å². The van der Waals surface area contributed by atoms with E-state index in [-0.39, 0.29) is 0 Å². The molecule has 6 aromatic rings. The molecule has 0 aliphatic rings. The van der Waals surface area contributed by atoms with Crippen molar-refractivity contribution in [2.45, 2.75) is 0 Å². The summed E-state index contributed by atoms with van der Waals surface area (Å²) < 4.78 is 2.34. The summed E-state index contributed by atoms with van der Waals surface area (Å²) in [5, 5.41) is 6.12. The van der Waals surface area contributed by atoms with Crippen LogP contribution in [-0.2, 0) is 0 Å². The van der Waals surface area contributed by atoms with Gasteiger partial charge in [-0.3, -0.25) is 0 Å². The van der Waals surface area contributed by atoms with Crippen molar-refractivity contribution in [3.05, 3.63) is 127 Å². The fourth-order valence-electron chi connectivity index (χ4n) is 4.47. The quantitative estimate of drug-likeness (QED) is 0.310. The molecule has 0 saturated carbocycles. The molecule has 5 aromatic carbocycles. The van der Waals surface area contributed by atoms with E-state index >= 15 is 0 Å². The molecular formula is C30H22N2. The predicted molar refractivity (Wildman–Crippen MR) is 136 cm³/mol. The van der Waals surface area contributed by atoms with Crippen LogP contribution in [0.5, 0.6) is 0 Å². The van der Waals surface area contributed by atoms with Gasteiger partial charge in [0, 0.05) is 27.8 Å². The molecule has 0 amide bonds. The number of aromatic nitrogens is 1. The van der Waals surface area contributed by atoms with E-state index in [1.54, 1.807) is 0 Å². The minimum atomic E-state index is 1.07. The highest BCUT2D eigenvalue weighted by atomic mass is 15.0. The highest BCUT2D eigenvalue weighted by molar-refractivity contribution is 6.09. The number of benzene rings is 5. The number of hydrogen-bond donors (Lipinski definition) is 1. The normalized spacial score (nSPS) is 11.1. The summed E-state index contributed by atoms with van der Waals surface area (Å²) in [6.07, 6.45) is 0. The van der Waals surface area contributed by atoms with Crippen molar-refractivity contribution in [2.75, 3.05) is 5.32 Å². The summed E-state index contributed by atoms with van der Waals surface area (Å²) in [4.78, 5) is 0. The minimum Gasteiger partial charge on any atom is -0.355 e. The van der Waals surface area contributed by atoms with Gasteiger partial charge in [-0.15, -0.1) is 0 Å². The second-order valence-electron chi connectivity index (χ2n) is 7.99. The van der Waals surface area contributed by atoms with Gasteiger partial charge in [0.25, 0.3) is 0 Å². The van der Waals surface area contributed by atoms with Gasteiger partial charge in [-0.1, -0.05) is 84.9 Å². The minimum absolute atomic E-state index is 1.07. The second-order valence-corrected chi connectivity index (χ2v) is 7.99. The molecule has 0 aliphatic carbocycles. The van der Waals surface area contributed by atoms with Gasteiger partial charge in [-0.2, -0.15) is 0 Å². The predicted octanol–water partition coefficient (Wildman–Crippen LogP) is 8.19. The third-order valence-electron chi connectivity index (χ3n) is 5.97. The Hall–Kier alpha value is -4.30. The fraction of sp³-hybridized carbons (Fsp3) is 0. The van der Waals surface area contributed by atoms with Crippen LogP contribution in [-0.4, -0.2) is 4.57 Å². The van der Waals surface area contributed by atoms with E-state index in [4.69, 9.17) is 0 Å². The van der Waals surface area contributed by atoms with Crippen molar-refractivity contribution in [1.82, 2.24) is 4.57 Å². The average molecular weight is 411 g/mol. The van der Waals surface area contributed by atoms with Crippen LogP contribution in [0.2, 0.25) is 0 Å². The van der Waals surface area contributed by atoms with Crippen molar-refractivity contribution >= 4 is 33.2 Å². The zero-order valence-electron chi connectivity index (χ0n) is 17.6. The largest absolute Gasteiger partial charge is 0.355 e. The van der Waals surface area contributed by atoms with Gasteiger partial charge < -0.3 is 9.88 Å². The molecule has 0 saturated heterocycles. The molecule has 0 unspecified atom stereocenters. The van der Waals surface area contributed by atoms with Crippen molar-refractivity contribution in [3.8, 4) is 16.8 Å². The van der Waals surface area contributed by atoms with Gasteiger partial charge in [0.15, 0.2) is 0 Å². The second kappa shape index (κ2) is 7.75. The number of nitrogens with one attached hydrogen (secondary N) is 1. The number of nitrogens with zero attached hydrogens (tertiary/aromatic N) is 1. The van der Waals surface area contributed by atoms with Crippen LogP contribution >= 0.6 is 0 Å². The lowest BCUT2D eigenvalue weighted by molar-refractivity contribution is 1.18. The van der Waals surface area contributed by atoms with Crippen LogP contribution in [0.25, 0.3) is 38.6 Å². The maximum Gasteiger partial charge on any atom is 0.0541 e. The highest BCUT2D eigenvalue weighted by Gasteiger charge is 2.11. The van der Waals surface area contributed by atoms with E-state index in [0.717, 1.165) is 17.1 Å². The van der Waals surface area contributed by atoms with Crippen molar-refractivity contribution < 1.29 is 0 Å². The van der Waals surface area contributed by atoms with Gasteiger partial charge in [-0.05, 0) is 53.6 Å². The number of hydrogen-bond acceptors (Lipinski definition) is 1. The van der Waals surface area contributed by atoms with Crippen LogP contribution < -0.4 is 5.32 Å². The molecule has 32 heavy (non-hydrogen) atoms. The monoisotopic (exact) mass is 410 g/mol. The first kappa shape index (κ1) is 18.5. The number of rotatable bonds is 4. The molecule has 0 atom stereocenters. The van der Waals surface area contributed by atoms with E-state index in [1.165, 1.54) is 32.9 Å². The zero-order chi connectivity index (χ0) is 21.3. The Labute approximate surface area is 187 Å². The third-order valence-corrected chi connectivity index (χ3v) is 5.97. The molecule has 0 aliphatic heterocycles. The summed E-state index contributed by atoms with van der Waals surface area (Å²) in [5.41, 5.74) is 8.17. The summed E-state index contributed by atoms with van der Waals surface area (Å²) in [7, 11) is 0. The van der Waals surface area contributed by atoms with Crippen molar-refractivity contribution in [1.29, 1.82) is 0 Å². The van der Waals surface area contributed by atoms with Crippen LogP contribution in [0.1, 0.15) is 0 Å². The SMILES string of the molecule is c1ccc(-c2ccc(Nc3cccc(-n4c5ccccc5c5ccccc54)c3)cc2)cc1. The average Bonchev–Trinajstić information content (AvgIpc) is 3.20. The van der Waals surface area contributed by atoms with E-state index in [2.05, 4.69) is 131 Å². The molecule has 1 N–H and O–H groups in total. The molecular weight excluding hydrogens is 388 g/mol. The number of fused-ring (bicyclic) bond motifs is 3. The third kappa shape index (κ3) is 3.23. The molecule has 0 spiro atoms. The van der Waals surface area contributed by atoms with Gasteiger partial charge in [-0.25, -0.2) is 0 Å². The Bertz CT molecular complexity index is 1470. The highest BCUT2D eigenvalue weighted by Crippen LogP contribution is 2.33. The smallest absolute Gasteiger partial charge is 0.0541 e. The summed E-state index contributed by atoms with van der Waals surface area (Å²) >= 11 is 0. The number of para-hydroxylation sites is 2. The first-order chi connectivity index (χ1) is 15.9. The fourth-order valence-corrected chi connectivity index (χ4v) is 4.47. The topological polar surface area (TPSA) is 17.0 Å². The van der Waals surface area contributed by atoms with E-state index in [9.17, 15) is 0 Å².